The maximum absolute atomic E-state index is 11.4. The van der Waals surface area contributed by atoms with Gasteiger partial charge in [0.1, 0.15) is 12.0 Å². The molecule has 1 heterocycles. The molecule has 28 heavy (non-hydrogen) atoms. The van der Waals surface area contributed by atoms with Crippen LogP contribution in [0.4, 0.5) is 0 Å². The van der Waals surface area contributed by atoms with Crippen molar-refractivity contribution in [3.05, 3.63) is 71.9 Å². The molecule has 0 aliphatic rings. The quantitative estimate of drug-likeness (QED) is 0.633. The number of carboxylic acids is 1. The largest absolute Gasteiger partial charge is 0.496 e. The van der Waals surface area contributed by atoms with Crippen molar-refractivity contribution in [2.75, 3.05) is 7.11 Å². The van der Waals surface area contributed by atoms with E-state index in [-0.39, 0.29) is 11.8 Å². The van der Waals surface area contributed by atoms with Gasteiger partial charge in [-0.3, -0.25) is 4.79 Å². The molecule has 0 fully saturated rings. The Hall–Kier alpha value is -3.08. The fraction of sp³-hybridized carbons (Fsp3) is 0.304. The number of carboxylic acid groups (broad SMARTS) is 1. The minimum absolute atomic E-state index is 0.00254. The normalized spacial score (nSPS) is 12.6. The predicted octanol–water partition coefficient (Wildman–Crippen LogP) is 5.25. The summed E-state index contributed by atoms with van der Waals surface area (Å²) in [7, 11) is 1.65. The number of ether oxygens (including phenoxy) is 1. The van der Waals surface area contributed by atoms with Crippen molar-refractivity contribution in [2.24, 2.45) is 0 Å². The van der Waals surface area contributed by atoms with Gasteiger partial charge in [0, 0.05) is 5.56 Å². The number of hydrogen-bond acceptors (Lipinski definition) is 4. The molecule has 146 valence electrons. The van der Waals surface area contributed by atoms with Gasteiger partial charge in [-0.15, -0.1) is 0 Å². The Morgan fingerprint density at radius 3 is 2.61 bits per heavy atom. The van der Waals surface area contributed by atoms with Crippen LogP contribution in [0.15, 0.2) is 59.3 Å². The third kappa shape index (κ3) is 4.25. The summed E-state index contributed by atoms with van der Waals surface area (Å²) in [6.07, 6.45) is 2.90. The van der Waals surface area contributed by atoms with Crippen LogP contribution in [0.5, 0.6) is 5.75 Å². The Kier molecular flexibility index (Phi) is 5.54. The molecule has 2 aromatic carbocycles. The molecule has 1 aromatic heterocycles. The number of hydrogen-bond donors (Lipinski definition) is 1. The van der Waals surface area contributed by atoms with Crippen LogP contribution in [-0.4, -0.2) is 23.2 Å². The zero-order valence-corrected chi connectivity index (χ0v) is 16.6. The minimum atomic E-state index is -0.902. The van der Waals surface area contributed by atoms with Crippen LogP contribution in [0.2, 0.25) is 0 Å². The van der Waals surface area contributed by atoms with Crippen molar-refractivity contribution in [3.8, 4) is 16.9 Å². The molecule has 0 saturated heterocycles. The van der Waals surface area contributed by atoms with Gasteiger partial charge < -0.3 is 14.3 Å². The third-order valence-electron chi connectivity index (χ3n) is 4.79. The molecule has 1 N–H and O–H groups in total. The fourth-order valence-corrected chi connectivity index (χ4v) is 3.25. The molecule has 1 atom stereocenters. The summed E-state index contributed by atoms with van der Waals surface area (Å²) in [4.78, 5) is 15.6. The number of rotatable bonds is 6. The van der Waals surface area contributed by atoms with Gasteiger partial charge in [0.2, 0.25) is 5.89 Å². The Labute approximate surface area is 165 Å². The van der Waals surface area contributed by atoms with Crippen molar-refractivity contribution >= 4 is 5.97 Å². The summed E-state index contributed by atoms with van der Waals surface area (Å²) < 4.78 is 11.0. The summed E-state index contributed by atoms with van der Waals surface area (Å²) >= 11 is 0. The first-order chi connectivity index (χ1) is 13.3. The molecular formula is C23H25NO4. The maximum atomic E-state index is 11.4. The van der Waals surface area contributed by atoms with Crippen molar-refractivity contribution in [1.29, 1.82) is 0 Å². The highest BCUT2D eigenvalue weighted by Crippen LogP contribution is 2.37. The smallest absolute Gasteiger partial charge is 0.304 e. The highest BCUT2D eigenvalue weighted by molar-refractivity contribution is 5.73. The van der Waals surface area contributed by atoms with Gasteiger partial charge in [-0.05, 0) is 34.2 Å². The van der Waals surface area contributed by atoms with Gasteiger partial charge in [0.15, 0.2) is 0 Å². The lowest BCUT2D eigenvalue weighted by Gasteiger charge is -2.21. The Balaban J connectivity index is 2.09. The zero-order chi connectivity index (χ0) is 20.3. The van der Waals surface area contributed by atoms with Gasteiger partial charge >= 0.3 is 5.97 Å². The molecule has 0 bridgehead atoms. The summed E-state index contributed by atoms with van der Waals surface area (Å²) in [5, 5.41) is 9.35. The van der Waals surface area contributed by atoms with E-state index in [0.717, 1.165) is 22.4 Å². The van der Waals surface area contributed by atoms with Crippen molar-refractivity contribution in [1.82, 2.24) is 4.98 Å². The van der Waals surface area contributed by atoms with Crippen LogP contribution in [0, 0.1) is 0 Å². The number of nitrogens with zero attached hydrogens (tertiary/aromatic N) is 1. The lowest BCUT2D eigenvalue weighted by molar-refractivity contribution is -0.137. The second-order valence-corrected chi connectivity index (χ2v) is 7.81. The van der Waals surface area contributed by atoms with E-state index in [0.29, 0.717) is 5.89 Å². The van der Waals surface area contributed by atoms with Crippen molar-refractivity contribution < 1.29 is 19.1 Å². The summed E-state index contributed by atoms with van der Waals surface area (Å²) in [6, 6.07) is 14.0. The van der Waals surface area contributed by atoms with Crippen molar-refractivity contribution in [2.45, 2.75) is 38.5 Å². The highest BCUT2D eigenvalue weighted by atomic mass is 16.5. The molecule has 3 aromatic rings. The number of aliphatic carboxylic acids is 1. The maximum Gasteiger partial charge on any atom is 0.304 e. The highest BCUT2D eigenvalue weighted by Gasteiger charge is 2.23. The van der Waals surface area contributed by atoms with E-state index < -0.39 is 11.9 Å². The molecule has 0 aliphatic carbocycles. The first-order valence-corrected chi connectivity index (χ1v) is 9.19. The monoisotopic (exact) mass is 379 g/mol. The number of methoxy groups -OCH3 is 1. The van der Waals surface area contributed by atoms with Crippen LogP contribution in [0.3, 0.4) is 0 Å². The molecule has 0 aliphatic heterocycles. The number of oxazole rings is 1. The number of benzene rings is 2. The van der Waals surface area contributed by atoms with E-state index in [1.165, 1.54) is 18.0 Å². The molecule has 0 spiro atoms. The van der Waals surface area contributed by atoms with E-state index in [1.807, 2.05) is 30.3 Å². The van der Waals surface area contributed by atoms with E-state index in [2.05, 4.69) is 37.9 Å². The molecule has 0 saturated carbocycles. The third-order valence-corrected chi connectivity index (χ3v) is 4.79. The zero-order valence-electron chi connectivity index (χ0n) is 16.6. The molecule has 5 nitrogen and oxygen atoms in total. The molecule has 5 heteroatoms. The lowest BCUT2D eigenvalue weighted by Crippen LogP contribution is -2.11. The van der Waals surface area contributed by atoms with E-state index >= 15 is 0 Å². The minimum Gasteiger partial charge on any atom is -0.496 e. The Bertz CT molecular complexity index is 955. The van der Waals surface area contributed by atoms with Crippen molar-refractivity contribution in [3.63, 3.8) is 0 Å². The van der Waals surface area contributed by atoms with Crippen LogP contribution in [0.25, 0.3) is 11.1 Å². The van der Waals surface area contributed by atoms with Gasteiger partial charge in [-0.25, -0.2) is 4.98 Å². The van der Waals surface area contributed by atoms with Gasteiger partial charge in [0.05, 0.1) is 25.6 Å². The average Bonchev–Trinajstić information content (AvgIpc) is 3.19. The molecule has 0 amide bonds. The standard InChI is InChI=1S/C23H25NO4/c1-23(2,3)17-8-9-20(27-4)18(13-17)15-6-5-7-16(12-15)19(14-21(25)26)22-24-10-11-28-22/h5-13,19H,14H2,1-4H3,(H,25,26)/t19-/m1/s1. The van der Waals surface area contributed by atoms with Gasteiger partial charge in [-0.2, -0.15) is 0 Å². The van der Waals surface area contributed by atoms with Crippen LogP contribution in [-0.2, 0) is 10.2 Å². The van der Waals surface area contributed by atoms with Gasteiger partial charge in [-0.1, -0.05) is 51.1 Å². The second kappa shape index (κ2) is 7.89. The van der Waals surface area contributed by atoms with E-state index in [9.17, 15) is 9.90 Å². The summed E-state index contributed by atoms with van der Waals surface area (Å²) in [6.45, 7) is 6.50. The number of carbonyl (C=O) groups is 1. The van der Waals surface area contributed by atoms with Crippen LogP contribution < -0.4 is 4.74 Å². The molecule has 3 rings (SSSR count). The molecular weight excluding hydrogens is 354 g/mol. The Morgan fingerprint density at radius 2 is 2.00 bits per heavy atom. The Morgan fingerprint density at radius 1 is 1.21 bits per heavy atom. The van der Waals surface area contributed by atoms with E-state index in [4.69, 9.17) is 9.15 Å². The molecule has 0 radical (unpaired) electrons. The van der Waals surface area contributed by atoms with Crippen LogP contribution >= 0.6 is 0 Å². The van der Waals surface area contributed by atoms with Gasteiger partial charge in [0.25, 0.3) is 0 Å². The number of aromatic nitrogens is 1. The second-order valence-electron chi connectivity index (χ2n) is 7.81. The first-order valence-electron chi connectivity index (χ1n) is 9.19. The van der Waals surface area contributed by atoms with E-state index in [1.54, 1.807) is 7.11 Å². The average molecular weight is 379 g/mol. The SMILES string of the molecule is COc1ccc(C(C)(C)C)cc1-c1cccc([C@@H](CC(=O)O)c2ncco2)c1. The predicted molar refractivity (Wildman–Crippen MR) is 108 cm³/mol. The topological polar surface area (TPSA) is 72.6 Å². The molecule has 0 unspecified atom stereocenters. The summed E-state index contributed by atoms with van der Waals surface area (Å²) in [5.41, 5.74) is 3.97. The first kappa shape index (κ1) is 19.7. The lowest BCUT2D eigenvalue weighted by atomic mass is 9.84. The fourth-order valence-electron chi connectivity index (χ4n) is 3.25. The summed E-state index contributed by atoms with van der Waals surface area (Å²) in [5.74, 6) is -0.184. The van der Waals surface area contributed by atoms with Crippen LogP contribution in [0.1, 0.15) is 50.1 Å².